The number of benzene rings is 1. The maximum absolute atomic E-state index is 11.1. The topological polar surface area (TPSA) is 77.2 Å². The monoisotopic (exact) mass is 379 g/mol. The van der Waals surface area contributed by atoms with Gasteiger partial charge in [-0.15, -0.1) is 11.3 Å². The minimum Gasteiger partial charge on any atom is -0.439 e. The molecule has 0 saturated carbocycles. The molecule has 6 heteroatoms. The first kappa shape index (κ1) is 17.7. The van der Waals surface area contributed by atoms with Crippen LogP contribution in [0.5, 0.6) is 11.6 Å². The Morgan fingerprint density at radius 2 is 2.22 bits per heavy atom. The molecule has 0 saturated heterocycles. The molecule has 4 rings (SSSR count). The lowest BCUT2D eigenvalue weighted by Gasteiger charge is -2.14. The van der Waals surface area contributed by atoms with Crippen molar-refractivity contribution in [3.63, 3.8) is 0 Å². The molecular weight excluding hydrogens is 358 g/mol. The summed E-state index contributed by atoms with van der Waals surface area (Å²) in [5.41, 5.74) is 8.26. The van der Waals surface area contributed by atoms with Crippen LogP contribution in [0.15, 0.2) is 54.0 Å². The lowest BCUT2D eigenvalue weighted by atomic mass is 10.1. The number of carbonyl (C=O) groups is 1. The Hall–Kier alpha value is -2.70. The SMILES string of the molecule is NC(=O)c1ccc(Oc2ccc3c(c2)CCC3NCCc2cccs2)nc1. The van der Waals surface area contributed by atoms with E-state index >= 15 is 0 Å². The van der Waals surface area contributed by atoms with Crippen molar-refractivity contribution in [1.29, 1.82) is 0 Å². The summed E-state index contributed by atoms with van der Waals surface area (Å²) < 4.78 is 5.82. The quantitative estimate of drug-likeness (QED) is 0.654. The molecule has 1 amide bonds. The number of ether oxygens (including phenoxy) is 1. The highest BCUT2D eigenvalue weighted by molar-refractivity contribution is 7.09. The van der Waals surface area contributed by atoms with Gasteiger partial charge in [0, 0.05) is 29.7 Å². The fraction of sp³-hybridized carbons (Fsp3) is 0.238. The van der Waals surface area contributed by atoms with Crippen molar-refractivity contribution in [1.82, 2.24) is 10.3 Å². The highest BCUT2D eigenvalue weighted by Gasteiger charge is 2.22. The second-order valence-corrected chi connectivity index (χ2v) is 7.62. The van der Waals surface area contributed by atoms with Crippen molar-refractivity contribution < 1.29 is 9.53 Å². The van der Waals surface area contributed by atoms with Crippen LogP contribution in [0.2, 0.25) is 0 Å². The largest absolute Gasteiger partial charge is 0.439 e. The summed E-state index contributed by atoms with van der Waals surface area (Å²) in [6.45, 7) is 0.985. The Bertz CT molecular complexity index is 923. The van der Waals surface area contributed by atoms with Crippen molar-refractivity contribution in [2.75, 3.05) is 6.54 Å². The molecule has 1 atom stereocenters. The Kier molecular flexibility index (Phi) is 5.18. The molecule has 3 N–H and O–H groups in total. The van der Waals surface area contributed by atoms with Crippen LogP contribution in [0.4, 0.5) is 0 Å². The zero-order chi connectivity index (χ0) is 18.6. The smallest absolute Gasteiger partial charge is 0.250 e. The van der Waals surface area contributed by atoms with E-state index in [1.807, 2.05) is 17.4 Å². The molecule has 2 aromatic heterocycles. The standard InChI is InChI=1S/C21H21N3O2S/c22-21(25)15-4-8-20(24-13-15)26-16-5-6-18-14(12-16)3-7-19(18)23-10-9-17-2-1-11-27-17/h1-2,4-6,8,11-13,19,23H,3,7,9-10H2,(H2,22,25). The number of aryl methyl sites for hydroxylation is 1. The van der Waals surface area contributed by atoms with E-state index in [2.05, 4.69) is 39.9 Å². The van der Waals surface area contributed by atoms with Gasteiger partial charge in [0.15, 0.2) is 0 Å². The molecule has 0 bridgehead atoms. The Morgan fingerprint density at radius 1 is 1.30 bits per heavy atom. The fourth-order valence-corrected chi connectivity index (χ4v) is 4.11. The predicted molar refractivity (Wildman–Crippen MR) is 106 cm³/mol. The summed E-state index contributed by atoms with van der Waals surface area (Å²) in [6.07, 6.45) is 4.64. The van der Waals surface area contributed by atoms with Gasteiger partial charge in [0.1, 0.15) is 5.75 Å². The first-order valence-corrected chi connectivity index (χ1v) is 9.89. The number of nitrogens with two attached hydrogens (primary N) is 1. The maximum atomic E-state index is 11.1. The summed E-state index contributed by atoms with van der Waals surface area (Å²) in [5.74, 6) is 0.708. The van der Waals surface area contributed by atoms with Gasteiger partial charge in [0.2, 0.25) is 11.8 Å². The minimum absolute atomic E-state index is 0.368. The van der Waals surface area contributed by atoms with Crippen LogP contribution < -0.4 is 15.8 Å². The van der Waals surface area contributed by atoms with Crippen molar-refractivity contribution in [3.05, 3.63) is 75.6 Å². The number of hydrogen-bond acceptors (Lipinski definition) is 5. The molecular formula is C21H21N3O2S. The molecule has 1 aliphatic rings. The van der Waals surface area contributed by atoms with Crippen LogP contribution in [0.1, 0.15) is 38.8 Å². The molecule has 1 aliphatic carbocycles. The van der Waals surface area contributed by atoms with Gasteiger partial charge in [-0.1, -0.05) is 12.1 Å². The van der Waals surface area contributed by atoms with Crippen LogP contribution >= 0.6 is 11.3 Å². The number of pyridine rings is 1. The Labute approximate surface area is 162 Å². The molecule has 2 heterocycles. The number of hydrogen-bond donors (Lipinski definition) is 2. The van der Waals surface area contributed by atoms with Crippen LogP contribution in [-0.2, 0) is 12.8 Å². The molecule has 0 fully saturated rings. The first-order chi connectivity index (χ1) is 13.2. The molecule has 3 aromatic rings. The fourth-order valence-electron chi connectivity index (χ4n) is 3.40. The van der Waals surface area contributed by atoms with Gasteiger partial charge < -0.3 is 15.8 Å². The minimum atomic E-state index is -0.496. The molecule has 27 heavy (non-hydrogen) atoms. The highest BCUT2D eigenvalue weighted by Crippen LogP contribution is 2.34. The van der Waals surface area contributed by atoms with E-state index in [1.54, 1.807) is 12.1 Å². The number of aromatic nitrogens is 1. The summed E-state index contributed by atoms with van der Waals surface area (Å²) >= 11 is 1.81. The van der Waals surface area contributed by atoms with E-state index < -0.39 is 5.91 Å². The third-order valence-electron chi connectivity index (χ3n) is 4.78. The van der Waals surface area contributed by atoms with Crippen LogP contribution in [0.3, 0.4) is 0 Å². The lowest BCUT2D eigenvalue weighted by Crippen LogP contribution is -2.21. The summed E-state index contributed by atoms with van der Waals surface area (Å²) in [6, 6.07) is 14.2. The zero-order valence-corrected chi connectivity index (χ0v) is 15.7. The van der Waals surface area contributed by atoms with E-state index in [4.69, 9.17) is 10.5 Å². The van der Waals surface area contributed by atoms with Gasteiger partial charge >= 0.3 is 0 Å². The van der Waals surface area contributed by atoms with Gasteiger partial charge in [-0.3, -0.25) is 4.79 Å². The first-order valence-electron chi connectivity index (χ1n) is 9.01. The number of rotatable bonds is 7. The van der Waals surface area contributed by atoms with E-state index in [-0.39, 0.29) is 0 Å². The van der Waals surface area contributed by atoms with E-state index in [0.29, 0.717) is 17.5 Å². The van der Waals surface area contributed by atoms with Crippen LogP contribution in [0.25, 0.3) is 0 Å². The number of nitrogens with zero attached hydrogens (tertiary/aromatic N) is 1. The van der Waals surface area contributed by atoms with E-state index in [9.17, 15) is 4.79 Å². The Balaban J connectivity index is 1.38. The molecule has 1 aromatic carbocycles. The van der Waals surface area contributed by atoms with Crippen LogP contribution in [-0.4, -0.2) is 17.4 Å². The number of fused-ring (bicyclic) bond motifs is 1. The third kappa shape index (κ3) is 4.18. The lowest BCUT2D eigenvalue weighted by molar-refractivity contribution is 0.1000. The number of thiophene rings is 1. The van der Waals surface area contributed by atoms with Gasteiger partial charge in [-0.2, -0.15) is 0 Å². The van der Waals surface area contributed by atoms with Crippen molar-refractivity contribution >= 4 is 17.2 Å². The van der Waals surface area contributed by atoms with Crippen LogP contribution in [0, 0.1) is 0 Å². The summed E-state index contributed by atoms with van der Waals surface area (Å²) in [4.78, 5) is 16.7. The Morgan fingerprint density at radius 3 is 2.96 bits per heavy atom. The average molecular weight is 379 g/mol. The highest BCUT2D eigenvalue weighted by atomic mass is 32.1. The summed E-state index contributed by atoms with van der Waals surface area (Å²) in [7, 11) is 0. The second kappa shape index (κ2) is 7.90. The zero-order valence-electron chi connectivity index (χ0n) is 14.9. The predicted octanol–water partition coefficient (Wildman–Crippen LogP) is 3.85. The van der Waals surface area contributed by atoms with E-state index in [0.717, 1.165) is 31.6 Å². The van der Waals surface area contributed by atoms with Gasteiger partial charge in [0.25, 0.3) is 0 Å². The number of carbonyl (C=O) groups excluding carboxylic acids is 1. The molecule has 0 spiro atoms. The molecule has 5 nitrogen and oxygen atoms in total. The van der Waals surface area contributed by atoms with Gasteiger partial charge in [-0.05, 0) is 60.0 Å². The van der Waals surface area contributed by atoms with Gasteiger partial charge in [0.05, 0.1) is 5.56 Å². The number of amides is 1. The van der Waals surface area contributed by atoms with Gasteiger partial charge in [-0.25, -0.2) is 4.98 Å². The molecule has 0 aliphatic heterocycles. The second-order valence-electron chi connectivity index (χ2n) is 6.59. The van der Waals surface area contributed by atoms with Crippen molar-refractivity contribution in [2.24, 2.45) is 5.73 Å². The maximum Gasteiger partial charge on any atom is 0.250 e. The molecule has 138 valence electrons. The molecule has 1 unspecified atom stereocenters. The third-order valence-corrected chi connectivity index (χ3v) is 5.71. The van der Waals surface area contributed by atoms with E-state index in [1.165, 1.54) is 22.2 Å². The van der Waals surface area contributed by atoms with Crippen molar-refractivity contribution in [2.45, 2.75) is 25.3 Å². The number of primary amides is 1. The van der Waals surface area contributed by atoms with Crippen molar-refractivity contribution in [3.8, 4) is 11.6 Å². The summed E-state index contributed by atoms with van der Waals surface area (Å²) in [5, 5.41) is 5.79. The molecule has 0 radical (unpaired) electrons. The normalized spacial score (nSPS) is 15.5. The average Bonchev–Trinajstić information content (AvgIpc) is 3.32. The number of nitrogens with one attached hydrogen (secondary N) is 1.